The summed E-state index contributed by atoms with van der Waals surface area (Å²) < 4.78 is 0. The molecule has 0 radical (unpaired) electrons. The second kappa shape index (κ2) is 14.8. The number of aliphatic hydroxyl groups excluding tert-OH is 1. The Morgan fingerprint density at radius 3 is 2.23 bits per heavy atom. The lowest BCUT2D eigenvalue weighted by atomic mass is 9.82. The quantitative estimate of drug-likeness (QED) is 0.0825. The van der Waals surface area contributed by atoms with Crippen molar-refractivity contribution in [3.8, 4) is 0 Å². The third kappa shape index (κ3) is 7.02. The molecule has 11 nitrogen and oxygen atoms in total. The zero-order valence-electron chi connectivity index (χ0n) is 26.4. The van der Waals surface area contributed by atoms with Crippen LogP contribution in [0.15, 0.2) is 115 Å². The predicted octanol–water partition coefficient (Wildman–Crippen LogP) is 5.23. The SMILES string of the molecule is C[C@H](/C=C/CC(=O)N(CCO)Cc1ccccc1)[C@@]1(O)C(=O)N(Cc2ccc(N(C=O)c3ccccc3)cc2)c2ccc([N+](=O)[O-])cc21. The number of nitro benzene ring substituents is 1. The summed E-state index contributed by atoms with van der Waals surface area (Å²) in [4.78, 5) is 54.4. The molecule has 246 valence electrons. The normalized spacial score (nSPS) is 16.1. The minimum absolute atomic E-state index is 0.0416. The van der Waals surface area contributed by atoms with E-state index in [9.17, 15) is 34.7 Å². The molecule has 0 fully saturated rings. The molecule has 3 amide bonds. The molecule has 1 aliphatic heterocycles. The zero-order chi connectivity index (χ0) is 34.3. The molecule has 11 heteroatoms. The Labute approximate surface area is 278 Å². The average Bonchev–Trinajstić information content (AvgIpc) is 3.32. The maximum Gasteiger partial charge on any atom is 0.269 e. The van der Waals surface area contributed by atoms with Gasteiger partial charge >= 0.3 is 0 Å². The van der Waals surface area contributed by atoms with Crippen molar-refractivity contribution in [2.24, 2.45) is 5.92 Å². The Bertz CT molecular complexity index is 1800. The molecular weight excluding hydrogens is 612 g/mol. The van der Waals surface area contributed by atoms with E-state index in [0.29, 0.717) is 35.6 Å². The van der Waals surface area contributed by atoms with Gasteiger partial charge in [-0.1, -0.05) is 79.7 Å². The molecule has 0 aromatic heterocycles. The van der Waals surface area contributed by atoms with E-state index in [1.54, 1.807) is 43.3 Å². The van der Waals surface area contributed by atoms with Gasteiger partial charge in [-0.25, -0.2) is 0 Å². The molecule has 48 heavy (non-hydrogen) atoms. The van der Waals surface area contributed by atoms with Crippen LogP contribution in [0.1, 0.15) is 30.0 Å². The van der Waals surface area contributed by atoms with Crippen molar-refractivity contribution >= 4 is 41.0 Å². The first-order chi connectivity index (χ1) is 23.2. The molecule has 2 N–H and O–H groups in total. The minimum Gasteiger partial charge on any atom is -0.395 e. The van der Waals surface area contributed by atoms with Crippen LogP contribution in [0.5, 0.6) is 0 Å². The number of carbonyl (C=O) groups is 3. The number of nitrogens with zero attached hydrogens (tertiary/aromatic N) is 4. The predicted molar refractivity (Wildman–Crippen MR) is 181 cm³/mol. The summed E-state index contributed by atoms with van der Waals surface area (Å²) in [5.41, 5.74) is 0.952. The molecule has 0 unspecified atom stereocenters. The first-order valence-electron chi connectivity index (χ1n) is 15.5. The van der Waals surface area contributed by atoms with Gasteiger partial charge in [-0.3, -0.25) is 29.4 Å². The fraction of sp³-hybridized carbons (Fsp3) is 0.216. The first kappa shape index (κ1) is 33.7. The van der Waals surface area contributed by atoms with Crippen LogP contribution in [0.25, 0.3) is 0 Å². The number of hydrogen-bond acceptors (Lipinski definition) is 7. The molecule has 0 saturated heterocycles. The number of hydrogen-bond donors (Lipinski definition) is 2. The second-order valence-electron chi connectivity index (χ2n) is 11.5. The smallest absolute Gasteiger partial charge is 0.269 e. The summed E-state index contributed by atoms with van der Waals surface area (Å²) in [5.74, 6) is -1.77. The molecule has 2 atom stereocenters. The highest BCUT2D eigenvalue weighted by molar-refractivity contribution is 6.07. The highest BCUT2D eigenvalue weighted by Crippen LogP contribution is 2.47. The van der Waals surface area contributed by atoms with Crippen molar-refractivity contribution in [2.45, 2.75) is 32.0 Å². The Kier molecular flexibility index (Phi) is 10.4. The van der Waals surface area contributed by atoms with Gasteiger partial charge in [-0.15, -0.1) is 0 Å². The van der Waals surface area contributed by atoms with Crippen molar-refractivity contribution in [1.29, 1.82) is 0 Å². The number of carbonyl (C=O) groups excluding carboxylic acids is 3. The van der Waals surface area contributed by atoms with Gasteiger partial charge in [0.05, 0.1) is 23.8 Å². The number of non-ortho nitro benzene ring substituents is 1. The lowest BCUT2D eigenvalue weighted by Crippen LogP contribution is -2.44. The fourth-order valence-corrected chi connectivity index (χ4v) is 5.87. The first-order valence-corrected chi connectivity index (χ1v) is 15.5. The van der Waals surface area contributed by atoms with Gasteiger partial charge in [0.15, 0.2) is 5.60 Å². The van der Waals surface area contributed by atoms with E-state index in [0.717, 1.165) is 5.56 Å². The molecule has 1 aliphatic rings. The van der Waals surface area contributed by atoms with E-state index in [2.05, 4.69) is 0 Å². The van der Waals surface area contributed by atoms with Crippen LogP contribution < -0.4 is 9.80 Å². The highest BCUT2D eigenvalue weighted by Gasteiger charge is 2.53. The van der Waals surface area contributed by atoms with E-state index in [4.69, 9.17) is 0 Å². The average molecular weight is 649 g/mol. The summed E-state index contributed by atoms with van der Waals surface area (Å²) >= 11 is 0. The minimum atomic E-state index is -2.14. The van der Waals surface area contributed by atoms with Crippen LogP contribution in [0.4, 0.5) is 22.7 Å². The van der Waals surface area contributed by atoms with Crippen LogP contribution in [-0.2, 0) is 33.1 Å². The zero-order valence-corrected chi connectivity index (χ0v) is 26.4. The van der Waals surface area contributed by atoms with Crippen molar-refractivity contribution in [1.82, 2.24) is 4.90 Å². The standard InChI is InChI=1S/C37H36N4O7/c1-27(9-8-14-35(44)38(21-22-42)24-28-10-4-2-5-11-28)37(46)33-23-32(41(47)48)19-20-34(33)39(36(37)45)25-29-15-17-31(18-16-29)40(26-43)30-12-6-3-7-13-30/h2-13,15-20,23,26-27,42,46H,14,21-22,24-25H2,1H3/b9-8+/t27-,37+/m1/s1. The summed E-state index contributed by atoms with van der Waals surface area (Å²) in [6, 6.07) is 29.5. The summed E-state index contributed by atoms with van der Waals surface area (Å²) in [6.45, 7) is 1.93. The third-order valence-electron chi connectivity index (χ3n) is 8.47. The molecule has 0 saturated carbocycles. The molecule has 0 bridgehead atoms. The van der Waals surface area contributed by atoms with Gasteiger partial charge in [0.1, 0.15) is 0 Å². The number of nitro groups is 1. The van der Waals surface area contributed by atoms with Crippen LogP contribution in [0.3, 0.4) is 0 Å². The maximum absolute atomic E-state index is 14.0. The van der Waals surface area contributed by atoms with Crippen LogP contribution in [0, 0.1) is 16.0 Å². The molecule has 0 aliphatic carbocycles. The van der Waals surface area contributed by atoms with Gasteiger partial charge in [-0.05, 0) is 41.5 Å². The fourth-order valence-electron chi connectivity index (χ4n) is 5.87. The van der Waals surface area contributed by atoms with Crippen LogP contribution in [-0.4, -0.2) is 51.4 Å². The monoisotopic (exact) mass is 648 g/mol. The molecule has 5 rings (SSSR count). The number of rotatable bonds is 14. The highest BCUT2D eigenvalue weighted by atomic mass is 16.6. The van der Waals surface area contributed by atoms with Crippen molar-refractivity contribution in [3.63, 3.8) is 0 Å². The maximum atomic E-state index is 14.0. The van der Waals surface area contributed by atoms with Gasteiger partial charge < -0.3 is 20.0 Å². The second-order valence-corrected chi connectivity index (χ2v) is 11.5. The molecular formula is C37H36N4O7. The largest absolute Gasteiger partial charge is 0.395 e. The van der Waals surface area contributed by atoms with Crippen molar-refractivity contribution in [3.05, 3.63) is 142 Å². The van der Waals surface area contributed by atoms with Gasteiger partial charge in [0.2, 0.25) is 12.3 Å². The number of para-hydroxylation sites is 1. The van der Waals surface area contributed by atoms with Gasteiger partial charge in [0, 0.05) is 54.5 Å². The third-order valence-corrected chi connectivity index (χ3v) is 8.47. The molecule has 0 spiro atoms. The van der Waals surface area contributed by atoms with Gasteiger partial charge in [0.25, 0.3) is 11.6 Å². The number of benzene rings is 4. The molecule has 1 heterocycles. The number of amides is 3. The van der Waals surface area contributed by atoms with E-state index in [-0.39, 0.29) is 43.3 Å². The van der Waals surface area contributed by atoms with E-state index in [1.165, 1.54) is 32.9 Å². The van der Waals surface area contributed by atoms with E-state index in [1.807, 2.05) is 60.7 Å². The van der Waals surface area contributed by atoms with Crippen molar-refractivity contribution < 1.29 is 29.5 Å². The number of anilines is 3. The Morgan fingerprint density at radius 1 is 0.958 bits per heavy atom. The lowest BCUT2D eigenvalue weighted by Gasteiger charge is -2.28. The Balaban J connectivity index is 1.36. The Morgan fingerprint density at radius 2 is 1.60 bits per heavy atom. The van der Waals surface area contributed by atoms with E-state index < -0.39 is 22.3 Å². The topological polar surface area (TPSA) is 145 Å². The molecule has 4 aromatic carbocycles. The van der Waals surface area contributed by atoms with Gasteiger partial charge in [-0.2, -0.15) is 0 Å². The summed E-state index contributed by atoms with van der Waals surface area (Å²) in [5, 5.41) is 33.2. The van der Waals surface area contributed by atoms with Crippen LogP contribution in [0.2, 0.25) is 0 Å². The number of aliphatic hydroxyl groups is 2. The van der Waals surface area contributed by atoms with Crippen molar-refractivity contribution in [2.75, 3.05) is 23.0 Å². The molecule has 4 aromatic rings. The Hall–Kier alpha value is -5.65. The summed E-state index contributed by atoms with van der Waals surface area (Å²) in [6.07, 6.45) is 3.80. The number of fused-ring (bicyclic) bond motifs is 1. The van der Waals surface area contributed by atoms with E-state index >= 15 is 0 Å². The van der Waals surface area contributed by atoms with Crippen LogP contribution >= 0.6 is 0 Å². The summed E-state index contributed by atoms with van der Waals surface area (Å²) in [7, 11) is 0. The lowest BCUT2D eigenvalue weighted by molar-refractivity contribution is -0.385.